The summed E-state index contributed by atoms with van der Waals surface area (Å²) in [5.74, 6) is -2.81. The molecule has 144 valence electrons. The van der Waals surface area contributed by atoms with Gasteiger partial charge in [0.1, 0.15) is 5.76 Å². The molecule has 0 unspecified atom stereocenters. The normalized spacial score (nSPS) is 18.5. The summed E-state index contributed by atoms with van der Waals surface area (Å²) in [7, 11) is 0. The molecule has 3 rings (SSSR count). The van der Waals surface area contributed by atoms with Gasteiger partial charge in [0, 0.05) is 23.6 Å². The third-order valence-electron chi connectivity index (χ3n) is 4.56. The number of carbonyl (C=O) groups is 3. The van der Waals surface area contributed by atoms with E-state index in [1.54, 1.807) is 54.6 Å². The van der Waals surface area contributed by atoms with E-state index in [1.807, 2.05) is 0 Å². The van der Waals surface area contributed by atoms with Crippen LogP contribution in [0.1, 0.15) is 30.0 Å². The molecule has 0 bridgehead atoms. The summed E-state index contributed by atoms with van der Waals surface area (Å²) in [6, 6.07) is 14.4. The van der Waals surface area contributed by atoms with Crippen LogP contribution in [0.25, 0.3) is 5.76 Å². The first kappa shape index (κ1) is 19.6. The Labute approximate surface area is 166 Å². The largest absolute Gasteiger partial charge is 0.507 e. The Morgan fingerprint density at radius 3 is 2.25 bits per heavy atom. The highest BCUT2D eigenvalue weighted by molar-refractivity contribution is 6.46. The molecule has 0 aromatic heterocycles. The number of carbonyl (C=O) groups excluding carboxylic acids is 2. The average Bonchev–Trinajstić information content (AvgIpc) is 2.93. The summed E-state index contributed by atoms with van der Waals surface area (Å²) >= 11 is 5.88. The number of hydrogen-bond donors (Lipinski definition) is 2. The number of nitrogens with zero attached hydrogens (tertiary/aromatic N) is 1. The van der Waals surface area contributed by atoms with Crippen LogP contribution in [0.15, 0.2) is 60.2 Å². The zero-order chi connectivity index (χ0) is 20.3. The standard InChI is InChI=1S/C21H18ClNO5/c22-15-10-8-14(9-11-15)19(26)17-18(13-5-2-1-3-6-13)23(21(28)20(17)27)12-4-7-16(24)25/h1-3,5-6,8-11,18,26H,4,7,12H2,(H,24,25)/b19-17+/t18-/m0/s1. The van der Waals surface area contributed by atoms with E-state index in [4.69, 9.17) is 16.7 Å². The molecule has 0 aliphatic carbocycles. The first-order valence-electron chi connectivity index (χ1n) is 8.71. The van der Waals surface area contributed by atoms with Gasteiger partial charge in [0.15, 0.2) is 0 Å². The smallest absolute Gasteiger partial charge is 0.303 e. The van der Waals surface area contributed by atoms with Crippen molar-refractivity contribution < 1.29 is 24.6 Å². The van der Waals surface area contributed by atoms with Gasteiger partial charge in [-0.25, -0.2) is 0 Å². The van der Waals surface area contributed by atoms with Crippen LogP contribution in [0.2, 0.25) is 5.02 Å². The van der Waals surface area contributed by atoms with Crippen LogP contribution in [0.4, 0.5) is 0 Å². The van der Waals surface area contributed by atoms with Crippen molar-refractivity contribution in [2.24, 2.45) is 0 Å². The molecule has 7 heteroatoms. The van der Waals surface area contributed by atoms with Crippen molar-refractivity contribution in [1.82, 2.24) is 4.90 Å². The lowest BCUT2D eigenvalue weighted by Gasteiger charge is -2.25. The third-order valence-corrected chi connectivity index (χ3v) is 4.81. The Balaban J connectivity index is 2.07. The van der Waals surface area contributed by atoms with Gasteiger partial charge in [-0.15, -0.1) is 0 Å². The topological polar surface area (TPSA) is 94.9 Å². The van der Waals surface area contributed by atoms with Crippen molar-refractivity contribution in [3.05, 3.63) is 76.3 Å². The van der Waals surface area contributed by atoms with Crippen LogP contribution in [0.3, 0.4) is 0 Å². The summed E-state index contributed by atoms with van der Waals surface area (Å²) in [6.07, 6.45) is 0.0777. The average molecular weight is 400 g/mol. The lowest BCUT2D eigenvalue weighted by atomic mass is 9.95. The minimum absolute atomic E-state index is 0.0196. The first-order valence-corrected chi connectivity index (χ1v) is 9.09. The molecule has 0 saturated carbocycles. The molecular weight excluding hydrogens is 382 g/mol. The molecular formula is C21H18ClNO5. The first-order chi connectivity index (χ1) is 13.4. The zero-order valence-electron chi connectivity index (χ0n) is 14.8. The number of hydrogen-bond acceptors (Lipinski definition) is 4. The van der Waals surface area contributed by atoms with Gasteiger partial charge in [-0.1, -0.05) is 41.9 Å². The molecule has 1 atom stereocenters. The summed E-state index contributed by atoms with van der Waals surface area (Å²) < 4.78 is 0. The fourth-order valence-corrected chi connectivity index (χ4v) is 3.38. The van der Waals surface area contributed by atoms with Crippen LogP contribution < -0.4 is 0 Å². The van der Waals surface area contributed by atoms with E-state index < -0.39 is 23.7 Å². The number of ketones is 1. The maximum atomic E-state index is 12.7. The molecule has 0 spiro atoms. The van der Waals surface area contributed by atoms with E-state index in [9.17, 15) is 19.5 Å². The molecule has 28 heavy (non-hydrogen) atoms. The van der Waals surface area contributed by atoms with Gasteiger partial charge in [-0.3, -0.25) is 14.4 Å². The number of Topliss-reactive ketones (excluding diaryl/α,β-unsaturated/α-hetero) is 1. The Morgan fingerprint density at radius 2 is 1.64 bits per heavy atom. The van der Waals surface area contributed by atoms with E-state index in [2.05, 4.69) is 0 Å². The SMILES string of the molecule is O=C(O)CCCN1C(=O)C(=O)/C(=C(/O)c2ccc(Cl)cc2)[C@@H]1c1ccccc1. The van der Waals surface area contributed by atoms with Crippen LogP contribution in [0.5, 0.6) is 0 Å². The molecule has 1 fully saturated rings. The fourth-order valence-electron chi connectivity index (χ4n) is 3.26. The fraction of sp³-hybridized carbons (Fsp3) is 0.190. The quantitative estimate of drug-likeness (QED) is 0.439. The summed E-state index contributed by atoms with van der Waals surface area (Å²) in [6.45, 7) is 0.0911. The van der Waals surface area contributed by atoms with Crippen molar-refractivity contribution in [2.45, 2.75) is 18.9 Å². The van der Waals surface area contributed by atoms with Gasteiger partial charge < -0.3 is 15.1 Å². The maximum Gasteiger partial charge on any atom is 0.303 e. The molecule has 2 N–H and O–H groups in total. The van der Waals surface area contributed by atoms with Gasteiger partial charge in [0.2, 0.25) is 0 Å². The van der Waals surface area contributed by atoms with E-state index in [0.717, 1.165) is 0 Å². The van der Waals surface area contributed by atoms with Crippen molar-refractivity contribution >= 4 is 35.0 Å². The second-order valence-corrected chi connectivity index (χ2v) is 6.84. The van der Waals surface area contributed by atoms with Crippen molar-refractivity contribution in [3.63, 3.8) is 0 Å². The molecule has 0 radical (unpaired) electrons. The lowest BCUT2D eigenvalue weighted by molar-refractivity contribution is -0.140. The van der Waals surface area contributed by atoms with E-state index in [0.29, 0.717) is 16.1 Å². The van der Waals surface area contributed by atoms with Gasteiger partial charge >= 0.3 is 5.97 Å². The Bertz CT molecular complexity index is 937. The highest BCUT2D eigenvalue weighted by atomic mass is 35.5. The number of aliphatic carboxylic acids is 1. The van der Waals surface area contributed by atoms with Crippen LogP contribution in [-0.2, 0) is 14.4 Å². The maximum absolute atomic E-state index is 12.7. The van der Waals surface area contributed by atoms with E-state index in [-0.39, 0.29) is 30.7 Å². The number of aliphatic hydroxyl groups excluding tert-OH is 1. The molecule has 1 amide bonds. The summed E-state index contributed by atoms with van der Waals surface area (Å²) in [5.41, 5.74) is 1.01. The molecule has 1 saturated heterocycles. The van der Waals surface area contributed by atoms with Crippen LogP contribution >= 0.6 is 11.6 Å². The van der Waals surface area contributed by atoms with Crippen molar-refractivity contribution in [2.75, 3.05) is 6.54 Å². The van der Waals surface area contributed by atoms with Crippen molar-refractivity contribution in [3.8, 4) is 0 Å². The molecule has 2 aromatic carbocycles. The van der Waals surface area contributed by atoms with Gasteiger partial charge in [-0.05, 0) is 36.2 Å². The second kappa shape index (κ2) is 8.27. The Morgan fingerprint density at radius 1 is 1.00 bits per heavy atom. The molecule has 6 nitrogen and oxygen atoms in total. The minimum atomic E-state index is -0.978. The van der Waals surface area contributed by atoms with Crippen molar-refractivity contribution in [1.29, 1.82) is 0 Å². The predicted octanol–water partition coefficient (Wildman–Crippen LogP) is 3.63. The highest BCUT2D eigenvalue weighted by Gasteiger charge is 2.45. The molecule has 1 aliphatic rings. The monoisotopic (exact) mass is 399 g/mol. The number of aliphatic hydroxyl groups is 1. The molecule has 1 heterocycles. The number of amides is 1. The van der Waals surface area contributed by atoms with Crippen LogP contribution in [-0.4, -0.2) is 39.3 Å². The van der Waals surface area contributed by atoms with Gasteiger partial charge in [0.25, 0.3) is 11.7 Å². The summed E-state index contributed by atoms with van der Waals surface area (Å²) in [5, 5.41) is 20.2. The van der Waals surface area contributed by atoms with Gasteiger partial charge in [0.05, 0.1) is 11.6 Å². The molecule has 1 aliphatic heterocycles. The van der Waals surface area contributed by atoms with E-state index in [1.165, 1.54) is 4.90 Å². The predicted molar refractivity (Wildman–Crippen MR) is 104 cm³/mol. The number of carboxylic acids is 1. The summed E-state index contributed by atoms with van der Waals surface area (Å²) in [4.78, 5) is 37.5. The third kappa shape index (κ3) is 3.92. The number of likely N-dealkylation sites (tertiary alicyclic amines) is 1. The number of benzene rings is 2. The van der Waals surface area contributed by atoms with E-state index >= 15 is 0 Å². The highest BCUT2D eigenvalue weighted by Crippen LogP contribution is 2.39. The lowest BCUT2D eigenvalue weighted by Crippen LogP contribution is -2.31. The Hall–Kier alpha value is -3.12. The minimum Gasteiger partial charge on any atom is -0.507 e. The van der Waals surface area contributed by atoms with Gasteiger partial charge in [-0.2, -0.15) is 0 Å². The Kier molecular flexibility index (Phi) is 5.80. The zero-order valence-corrected chi connectivity index (χ0v) is 15.6. The number of carboxylic acid groups (broad SMARTS) is 1. The number of rotatable bonds is 6. The number of halogens is 1. The van der Waals surface area contributed by atoms with Crippen LogP contribution in [0, 0.1) is 0 Å². The molecule has 2 aromatic rings. The second-order valence-electron chi connectivity index (χ2n) is 6.41.